The van der Waals surface area contributed by atoms with Crippen LogP contribution in [-0.4, -0.2) is 14.7 Å². The molecule has 0 atom stereocenters. The molecule has 0 aliphatic carbocycles. The average Bonchev–Trinajstić information content (AvgIpc) is 2.33. The minimum atomic E-state index is -3.50. The summed E-state index contributed by atoms with van der Waals surface area (Å²) in [5.41, 5.74) is 0.705. The Labute approximate surface area is 147 Å². The molecule has 0 aliphatic heterocycles. The Kier molecular flexibility index (Phi) is 5.04. The summed E-state index contributed by atoms with van der Waals surface area (Å²) in [5.74, 6) is 0. The Balaban J connectivity index is 2.85. The van der Waals surface area contributed by atoms with Gasteiger partial charge in [0.25, 0.3) is 0 Å². The highest BCUT2D eigenvalue weighted by Gasteiger charge is 2.21. The molecule has 2 rings (SSSR count). The normalized spacial score (nSPS) is 11.7. The Hall–Kier alpha value is -0.160. The van der Waals surface area contributed by atoms with E-state index in [0.29, 0.717) is 11.1 Å². The van der Waals surface area contributed by atoms with Crippen molar-refractivity contribution in [3.05, 3.63) is 49.4 Å². The van der Waals surface area contributed by atoms with E-state index in [0.717, 1.165) is 6.26 Å². The maximum atomic E-state index is 11.7. The van der Waals surface area contributed by atoms with Crippen molar-refractivity contribution in [3.63, 3.8) is 0 Å². The molecular formula is C13H7Cl5O2S. The molecule has 0 radical (unpaired) electrons. The van der Waals surface area contributed by atoms with Crippen LogP contribution in [-0.2, 0) is 9.84 Å². The number of benzene rings is 2. The van der Waals surface area contributed by atoms with Crippen molar-refractivity contribution in [3.8, 4) is 11.1 Å². The van der Waals surface area contributed by atoms with Crippen LogP contribution in [0.5, 0.6) is 0 Å². The molecule has 0 saturated carbocycles. The molecule has 21 heavy (non-hydrogen) atoms. The van der Waals surface area contributed by atoms with E-state index in [1.165, 1.54) is 24.3 Å². The van der Waals surface area contributed by atoms with Gasteiger partial charge in [-0.3, -0.25) is 0 Å². The third kappa shape index (κ3) is 3.44. The van der Waals surface area contributed by atoms with E-state index in [2.05, 4.69) is 0 Å². The monoisotopic (exact) mass is 402 g/mol. The molecule has 2 aromatic carbocycles. The maximum Gasteiger partial charge on any atom is 0.177 e. The number of rotatable bonds is 2. The summed E-state index contributed by atoms with van der Waals surface area (Å²) in [6.07, 6.45) is 1.06. The van der Waals surface area contributed by atoms with Crippen LogP contribution < -0.4 is 0 Å². The molecule has 0 fully saturated rings. The van der Waals surface area contributed by atoms with Gasteiger partial charge in [0.15, 0.2) is 9.84 Å². The van der Waals surface area contributed by atoms with Gasteiger partial charge in [-0.25, -0.2) is 8.42 Å². The standard InChI is InChI=1S/C13H7Cl5O2S/c1-21(19,20)11-3-2-7(14)12(13(11)18)6-4-9(16)10(17)5-8(6)15/h2-5H,1H3. The van der Waals surface area contributed by atoms with Gasteiger partial charge in [-0.2, -0.15) is 0 Å². The summed E-state index contributed by atoms with van der Waals surface area (Å²) in [5, 5.41) is 1.04. The lowest BCUT2D eigenvalue weighted by Gasteiger charge is -2.13. The quantitative estimate of drug-likeness (QED) is 0.573. The number of sulfone groups is 1. The van der Waals surface area contributed by atoms with Crippen LogP contribution in [0.1, 0.15) is 0 Å². The zero-order valence-corrected chi connectivity index (χ0v) is 15.0. The van der Waals surface area contributed by atoms with Gasteiger partial charge in [0.05, 0.1) is 30.0 Å². The van der Waals surface area contributed by atoms with E-state index in [4.69, 9.17) is 58.0 Å². The molecule has 0 saturated heterocycles. The number of hydrogen-bond donors (Lipinski definition) is 0. The summed E-state index contributed by atoms with van der Waals surface area (Å²) < 4.78 is 23.5. The summed E-state index contributed by atoms with van der Waals surface area (Å²) >= 11 is 30.3. The van der Waals surface area contributed by atoms with Gasteiger partial charge >= 0.3 is 0 Å². The van der Waals surface area contributed by atoms with Gasteiger partial charge in [-0.05, 0) is 24.3 Å². The maximum absolute atomic E-state index is 11.7. The van der Waals surface area contributed by atoms with Crippen LogP contribution >= 0.6 is 58.0 Å². The van der Waals surface area contributed by atoms with Crippen LogP contribution in [0.4, 0.5) is 0 Å². The first-order valence-electron chi connectivity index (χ1n) is 5.46. The highest BCUT2D eigenvalue weighted by molar-refractivity contribution is 7.90. The van der Waals surface area contributed by atoms with Crippen LogP contribution in [0.15, 0.2) is 29.2 Å². The predicted octanol–water partition coefficient (Wildman–Crippen LogP) is 6.02. The van der Waals surface area contributed by atoms with Gasteiger partial charge in [-0.15, -0.1) is 0 Å². The van der Waals surface area contributed by atoms with Crippen LogP contribution in [0.3, 0.4) is 0 Å². The summed E-state index contributed by atoms with van der Waals surface area (Å²) in [4.78, 5) is -0.0364. The minimum absolute atomic E-state index is 0.00899. The Bertz CT molecular complexity index is 831. The minimum Gasteiger partial charge on any atom is -0.224 e. The van der Waals surface area contributed by atoms with E-state index in [1.54, 1.807) is 0 Å². The molecule has 2 nitrogen and oxygen atoms in total. The topological polar surface area (TPSA) is 34.1 Å². The van der Waals surface area contributed by atoms with Crippen molar-refractivity contribution in [1.29, 1.82) is 0 Å². The molecule has 0 aromatic heterocycles. The molecule has 0 aliphatic rings. The van der Waals surface area contributed by atoms with Crippen LogP contribution in [0, 0.1) is 0 Å². The van der Waals surface area contributed by atoms with E-state index >= 15 is 0 Å². The van der Waals surface area contributed by atoms with Gasteiger partial charge in [-0.1, -0.05) is 58.0 Å². The second-order valence-electron chi connectivity index (χ2n) is 4.25. The van der Waals surface area contributed by atoms with E-state index in [9.17, 15) is 8.42 Å². The second-order valence-corrected chi connectivity index (χ2v) is 8.24. The van der Waals surface area contributed by atoms with Crippen molar-refractivity contribution >= 4 is 67.8 Å². The summed E-state index contributed by atoms with van der Waals surface area (Å²) in [6, 6.07) is 5.72. The Morgan fingerprint density at radius 2 is 1.38 bits per heavy atom. The van der Waals surface area contributed by atoms with Crippen molar-refractivity contribution in [2.45, 2.75) is 4.90 Å². The number of halogens is 5. The molecule has 0 amide bonds. The van der Waals surface area contributed by atoms with E-state index < -0.39 is 9.84 Å². The van der Waals surface area contributed by atoms with Crippen molar-refractivity contribution in [1.82, 2.24) is 0 Å². The third-order valence-electron chi connectivity index (χ3n) is 2.73. The fraction of sp³-hybridized carbons (Fsp3) is 0.0769. The highest BCUT2D eigenvalue weighted by atomic mass is 35.5. The molecule has 112 valence electrons. The van der Waals surface area contributed by atoms with Crippen molar-refractivity contribution in [2.24, 2.45) is 0 Å². The smallest absolute Gasteiger partial charge is 0.177 e. The fourth-order valence-electron chi connectivity index (χ4n) is 1.78. The second kappa shape index (κ2) is 6.15. The van der Waals surface area contributed by atoms with Gasteiger partial charge in [0, 0.05) is 17.4 Å². The van der Waals surface area contributed by atoms with Gasteiger partial charge in [0.1, 0.15) is 0 Å². The van der Waals surface area contributed by atoms with Crippen LogP contribution in [0.25, 0.3) is 11.1 Å². The lowest BCUT2D eigenvalue weighted by Crippen LogP contribution is -1.99. The Morgan fingerprint density at radius 1 is 0.810 bits per heavy atom. The SMILES string of the molecule is CS(=O)(=O)c1ccc(Cl)c(-c2cc(Cl)c(Cl)cc2Cl)c1Cl. The summed E-state index contributed by atoms with van der Waals surface area (Å²) in [7, 11) is -3.50. The zero-order valence-electron chi connectivity index (χ0n) is 10.4. The average molecular weight is 405 g/mol. The fourth-order valence-corrected chi connectivity index (χ4v) is 4.16. The highest BCUT2D eigenvalue weighted by Crippen LogP contribution is 2.43. The Morgan fingerprint density at radius 3 is 1.95 bits per heavy atom. The molecule has 2 aromatic rings. The predicted molar refractivity (Wildman–Crippen MR) is 90.0 cm³/mol. The first-order chi connectivity index (χ1) is 9.62. The first kappa shape index (κ1) is 17.2. The van der Waals surface area contributed by atoms with E-state index in [1.807, 2.05) is 0 Å². The molecule has 8 heteroatoms. The van der Waals surface area contributed by atoms with E-state index in [-0.39, 0.29) is 30.0 Å². The molecule has 0 spiro atoms. The summed E-state index contributed by atoms with van der Waals surface area (Å²) in [6.45, 7) is 0. The largest absolute Gasteiger partial charge is 0.224 e. The zero-order chi connectivity index (χ0) is 15.9. The van der Waals surface area contributed by atoms with Crippen molar-refractivity contribution in [2.75, 3.05) is 6.26 Å². The van der Waals surface area contributed by atoms with Crippen molar-refractivity contribution < 1.29 is 8.42 Å². The molecule has 0 heterocycles. The molecule has 0 unspecified atom stereocenters. The lowest BCUT2D eigenvalue weighted by atomic mass is 10.1. The molecular weight excluding hydrogens is 397 g/mol. The molecule has 0 N–H and O–H groups in total. The van der Waals surface area contributed by atoms with Crippen LogP contribution in [0.2, 0.25) is 25.1 Å². The van der Waals surface area contributed by atoms with Gasteiger partial charge < -0.3 is 0 Å². The first-order valence-corrected chi connectivity index (χ1v) is 9.24. The third-order valence-corrected chi connectivity index (χ3v) is 5.73. The lowest BCUT2D eigenvalue weighted by molar-refractivity contribution is 0.602. The van der Waals surface area contributed by atoms with Gasteiger partial charge in [0.2, 0.25) is 0 Å². The number of hydrogen-bond acceptors (Lipinski definition) is 2. The molecule has 0 bridgehead atoms.